The lowest BCUT2D eigenvalue weighted by molar-refractivity contribution is -0.137. The Bertz CT molecular complexity index is 533. The molecule has 0 saturated carbocycles. The Morgan fingerprint density at radius 2 is 2.00 bits per heavy atom. The fraction of sp³-hybridized carbons (Fsp3) is 0.647. The van der Waals surface area contributed by atoms with Crippen molar-refractivity contribution in [1.29, 1.82) is 0 Å². The Morgan fingerprint density at radius 1 is 1.26 bits per heavy atom. The van der Waals surface area contributed by atoms with Gasteiger partial charge in [0.1, 0.15) is 0 Å². The van der Waals surface area contributed by atoms with Crippen LogP contribution in [0.25, 0.3) is 0 Å². The molecule has 0 bridgehead atoms. The standard InChI is InChI=1S/C17H22F3NO2/c18-17(19,20)15-3-1-2-14(10-15)16(22)5-7-21(8-6-16)11-13-4-9-23-12-13/h1-3,10,13,22H,4-9,11-12H2/t13-/m1/s1. The average Bonchev–Trinajstić information content (AvgIpc) is 3.02. The predicted octanol–water partition coefficient (Wildman–Crippen LogP) is 3.03. The highest BCUT2D eigenvalue weighted by atomic mass is 19.4. The number of hydrogen-bond donors (Lipinski definition) is 1. The molecule has 2 aliphatic rings. The second-order valence-corrected chi connectivity index (χ2v) is 6.64. The first-order valence-corrected chi connectivity index (χ1v) is 8.07. The molecule has 1 atom stereocenters. The van der Waals surface area contributed by atoms with Crippen LogP contribution in [0.1, 0.15) is 30.4 Å². The van der Waals surface area contributed by atoms with Crippen molar-refractivity contribution < 1.29 is 23.0 Å². The van der Waals surface area contributed by atoms with E-state index in [1.165, 1.54) is 6.07 Å². The number of ether oxygens (including phenoxy) is 1. The van der Waals surface area contributed by atoms with E-state index in [0.29, 0.717) is 37.4 Å². The normalized spacial score (nSPS) is 25.7. The molecule has 128 valence electrons. The van der Waals surface area contributed by atoms with Gasteiger partial charge in [-0.25, -0.2) is 0 Å². The van der Waals surface area contributed by atoms with Crippen LogP contribution in [0.5, 0.6) is 0 Å². The molecule has 3 nitrogen and oxygen atoms in total. The molecule has 2 fully saturated rings. The van der Waals surface area contributed by atoms with Crippen LogP contribution in [-0.2, 0) is 16.5 Å². The summed E-state index contributed by atoms with van der Waals surface area (Å²) in [7, 11) is 0. The Kier molecular flexibility index (Phi) is 4.67. The van der Waals surface area contributed by atoms with Gasteiger partial charge in [-0.2, -0.15) is 13.2 Å². The van der Waals surface area contributed by atoms with Crippen molar-refractivity contribution in [2.75, 3.05) is 32.8 Å². The van der Waals surface area contributed by atoms with Gasteiger partial charge in [-0.05, 0) is 42.9 Å². The maximum atomic E-state index is 12.8. The molecule has 23 heavy (non-hydrogen) atoms. The molecule has 2 heterocycles. The second-order valence-electron chi connectivity index (χ2n) is 6.64. The van der Waals surface area contributed by atoms with Crippen molar-refractivity contribution in [1.82, 2.24) is 4.90 Å². The Labute approximate surface area is 134 Å². The third-order valence-corrected chi connectivity index (χ3v) is 4.95. The Balaban J connectivity index is 1.64. The third-order valence-electron chi connectivity index (χ3n) is 4.95. The molecule has 1 N–H and O–H groups in total. The van der Waals surface area contributed by atoms with Gasteiger partial charge in [-0.1, -0.05) is 12.1 Å². The summed E-state index contributed by atoms with van der Waals surface area (Å²) in [5.41, 5.74) is -1.49. The van der Waals surface area contributed by atoms with Crippen molar-refractivity contribution in [3.05, 3.63) is 35.4 Å². The van der Waals surface area contributed by atoms with Crippen LogP contribution in [-0.4, -0.2) is 42.9 Å². The van der Waals surface area contributed by atoms with E-state index in [1.807, 2.05) is 0 Å². The number of alkyl halides is 3. The first-order chi connectivity index (χ1) is 10.9. The highest BCUT2D eigenvalue weighted by Gasteiger charge is 2.37. The molecule has 2 aliphatic heterocycles. The van der Waals surface area contributed by atoms with Crippen molar-refractivity contribution in [3.63, 3.8) is 0 Å². The van der Waals surface area contributed by atoms with Gasteiger partial charge >= 0.3 is 6.18 Å². The summed E-state index contributed by atoms with van der Waals surface area (Å²) < 4.78 is 43.9. The first-order valence-electron chi connectivity index (χ1n) is 8.07. The summed E-state index contributed by atoms with van der Waals surface area (Å²) >= 11 is 0. The molecule has 0 unspecified atom stereocenters. The van der Waals surface area contributed by atoms with E-state index in [2.05, 4.69) is 4.90 Å². The average molecular weight is 329 g/mol. The van der Waals surface area contributed by atoms with Crippen LogP contribution in [0.3, 0.4) is 0 Å². The number of piperidine rings is 1. The SMILES string of the molecule is OC1(c2cccc(C(F)(F)F)c2)CCN(C[C@H]2CCOC2)CC1. The minimum Gasteiger partial charge on any atom is -0.385 e. The van der Waals surface area contributed by atoms with Gasteiger partial charge in [0.15, 0.2) is 0 Å². The molecule has 1 aromatic carbocycles. The largest absolute Gasteiger partial charge is 0.416 e. The topological polar surface area (TPSA) is 32.7 Å². The molecule has 6 heteroatoms. The quantitative estimate of drug-likeness (QED) is 0.925. The molecular weight excluding hydrogens is 307 g/mol. The minimum atomic E-state index is -4.38. The molecule has 0 amide bonds. The van der Waals surface area contributed by atoms with Crippen LogP contribution in [0.15, 0.2) is 24.3 Å². The van der Waals surface area contributed by atoms with Gasteiger partial charge in [-0.15, -0.1) is 0 Å². The first kappa shape index (κ1) is 16.7. The second kappa shape index (κ2) is 6.42. The fourth-order valence-corrected chi connectivity index (χ4v) is 3.47. The molecule has 2 saturated heterocycles. The fourth-order valence-electron chi connectivity index (χ4n) is 3.47. The summed E-state index contributed by atoms with van der Waals surface area (Å²) in [6, 6.07) is 5.09. The zero-order valence-electron chi connectivity index (χ0n) is 13.0. The zero-order chi connectivity index (χ0) is 16.5. The summed E-state index contributed by atoms with van der Waals surface area (Å²) in [4.78, 5) is 2.28. The maximum absolute atomic E-state index is 12.8. The lowest BCUT2D eigenvalue weighted by Gasteiger charge is -2.39. The number of nitrogens with zero attached hydrogens (tertiary/aromatic N) is 1. The van der Waals surface area contributed by atoms with Gasteiger partial charge in [0, 0.05) is 26.2 Å². The van der Waals surface area contributed by atoms with Gasteiger partial charge in [0.05, 0.1) is 17.8 Å². The van der Waals surface area contributed by atoms with Crippen LogP contribution >= 0.6 is 0 Å². The number of rotatable bonds is 3. The highest BCUT2D eigenvalue weighted by molar-refractivity contribution is 5.30. The monoisotopic (exact) mass is 329 g/mol. The van der Waals surface area contributed by atoms with Crippen LogP contribution < -0.4 is 0 Å². The van der Waals surface area contributed by atoms with E-state index in [-0.39, 0.29) is 0 Å². The molecule has 3 rings (SSSR count). The minimum absolute atomic E-state index is 0.371. The maximum Gasteiger partial charge on any atom is 0.416 e. The van der Waals surface area contributed by atoms with Crippen LogP contribution in [0.2, 0.25) is 0 Å². The molecule has 1 aromatic rings. The third kappa shape index (κ3) is 3.87. The predicted molar refractivity (Wildman–Crippen MR) is 79.9 cm³/mol. The van der Waals surface area contributed by atoms with E-state index >= 15 is 0 Å². The van der Waals surface area contributed by atoms with Gasteiger partial charge in [0.25, 0.3) is 0 Å². The van der Waals surface area contributed by atoms with E-state index in [0.717, 1.165) is 38.3 Å². The molecular formula is C17H22F3NO2. The summed E-state index contributed by atoms with van der Waals surface area (Å²) in [6.45, 7) is 3.94. The molecule has 0 radical (unpaired) electrons. The van der Waals surface area contributed by atoms with Crippen molar-refractivity contribution in [2.24, 2.45) is 5.92 Å². The number of benzene rings is 1. The molecule has 0 spiro atoms. The zero-order valence-corrected chi connectivity index (χ0v) is 13.0. The summed E-state index contributed by atoms with van der Waals surface area (Å²) in [5, 5.41) is 10.8. The van der Waals surface area contributed by atoms with Crippen LogP contribution in [0.4, 0.5) is 13.2 Å². The summed E-state index contributed by atoms with van der Waals surface area (Å²) in [6.07, 6.45) is -2.40. The molecule has 0 aromatic heterocycles. The van der Waals surface area contributed by atoms with E-state index in [1.54, 1.807) is 6.07 Å². The highest BCUT2D eigenvalue weighted by Crippen LogP contribution is 2.37. The van der Waals surface area contributed by atoms with Crippen molar-refractivity contribution >= 4 is 0 Å². The number of aliphatic hydroxyl groups is 1. The summed E-state index contributed by atoms with van der Waals surface area (Å²) in [5.74, 6) is 0.537. The Hall–Kier alpha value is -1.11. The Morgan fingerprint density at radius 3 is 2.61 bits per heavy atom. The van der Waals surface area contributed by atoms with Crippen LogP contribution in [0, 0.1) is 5.92 Å². The van der Waals surface area contributed by atoms with E-state index in [4.69, 9.17) is 4.74 Å². The van der Waals surface area contributed by atoms with Gasteiger partial charge < -0.3 is 14.7 Å². The van der Waals surface area contributed by atoms with Gasteiger partial charge in [0.2, 0.25) is 0 Å². The van der Waals surface area contributed by atoms with Crippen molar-refractivity contribution in [3.8, 4) is 0 Å². The van der Waals surface area contributed by atoms with Crippen molar-refractivity contribution in [2.45, 2.75) is 31.0 Å². The van der Waals surface area contributed by atoms with E-state index < -0.39 is 17.3 Å². The smallest absolute Gasteiger partial charge is 0.385 e. The number of hydrogen-bond acceptors (Lipinski definition) is 3. The molecule has 0 aliphatic carbocycles. The number of likely N-dealkylation sites (tertiary alicyclic amines) is 1. The lowest BCUT2D eigenvalue weighted by Crippen LogP contribution is -2.44. The lowest BCUT2D eigenvalue weighted by atomic mass is 9.83. The number of halogens is 3. The van der Waals surface area contributed by atoms with E-state index in [9.17, 15) is 18.3 Å². The van der Waals surface area contributed by atoms with Gasteiger partial charge in [-0.3, -0.25) is 0 Å².